The number of hydrogen-bond acceptors (Lipinski definition) is 2. The van der Waals surface area contributed by atoms with Crippen molar-refractivity contribution in [1.82, 2.24) is 9.97 Å². The first kappa shape index (κ1) is 19.0. The number of hydrogen-bond donors (Lipinski definition) is 1. The zero-order chi connectivity index (χ0) is 17.8. The molecule has 27 heavy (non-hydrogen) atoms. The van der Waals surface area contributed by atoms with Crippen molar-refractivity contribution in [3.63, 3.8) is 0 Å². The lowest BCUT2D eigenvalue weighted by Gasteiger charge is -2.06. The summed E-state index contributed by atoms with van der Waals surface area (Å²) in [5.74, 6) is 1.65. The van der Waals surface area contributed by atoms with Crippen molar-refractivity contribution >= 4 is 24.0 Å². The van der Waals surface area contributed by atoms with Crippen LogP contribution < -0.4 is 4.74 Å². The normalized spacial score (nSPS) is 10.3. The summed E-state index contributed by atoms with van der Waals surface area (Å²) in [5, 5.41) is 0.703. The fourth-order valence-electron chi connectivity index (χ4n) is 2.77. The van der Waals surface area contributed by atoms with Crippen LogP contribution >= 0.6 is 24.0 Å². The molecule has 1 aromatic heterocycles. The molecule has 0 saturated heterocycles. The van der Waals surface area contributed by atoms with Crippen molar-refractivity contribution in [3.8, 4) is 28.4 Å². The summed E-state index contributed by atoms with van der Waals surface area (Å²) in [5.41, 5.74) is 3.83. The Balaban J connectivity index is 0.00000210. The van der Waals surface area contributed by atoms with Crippen LogP contribution in [0.1, 0.15) is 5.69 Å². The third-order valence-corrected chi connectivity index (χ3v) is 4.32. The lowest BCUT2D eigenvalue weighted by atomic mass is 10.1. The zero-order valence-electron chi connectivity index (χ0n) is 14.4. The van der Waals surface area contributed by atoms with Gasteiger partial charge in [0.2, 0.25) is 0 Å². The standard InChI is InChI=1S/C22H17ClN2O.ClH/c23-18-13-11-16(12-14-18)21-20(15-26-19-9-5-2-6-10-19)24-22(25-21)17-7-3-1-4-8-17;/h1-14H,15H2,(H,24,25);1H. The largest absolute Gasteiger partial charge is 0.487 e. The van der Waals surface area contributed by atoms with Crippen LogP contribution in [0.4, 0.5) is 0 Å². The summed E-state index contributed by atoms with van der Waals surface area (Å²) in [6.07, 6.45) is 0. The van der Waals surface area contributed by atoms with Crippen molar-refractivity contribution in [2.24, 2.45) is 0 Å². The second-order valence-corrected chi connectivity index (χ2v) is 6.32. The van der Waals surface area contributed by atoms with Crippen molar-refractivity contribution in [1.29, 1.82) is 0 Å². The van der Waals surface area contributed by atoms with E-state index in [1.165, 1.54) is 0 Å². The lowest BCUT2D eigenvalue weighted by molar-refractivity contribution is 0.302. The van der Waals surface area contributed by atoms with Gasteiger partial charge in [-0.3, -0.25) is 0 Å². The van der Waals surface area contributed by atoms with Crippen LogP contribution in [-0.2, 0) is 6.61 Å². The van der Waals surface area contributed by atoms with Gasteiger partial charge >= 0.3 is 0 Å². The molecule has 0 unspecified atom stereocenters. The Morgan fingerprint density at radius 2 is 1.41 bits per heavy atom. The average molecular weight is 397 g/mol. The molecular weight excluding hydrogens is 379 g/mol. The maximum absolute atomic E-state index is 6.03. The number of benzene rings is 3. The van der Waals surface area contributed by atoms with Crippen LogP contribution in [0, 0.1) is 0 Å². The first-order valence-electron chi connectivity index (χ1n) is 8.38. The van der Waals surface area contributed by atoms with Gasteiger partial charge in [0.1, 0.15) is 18.2 Å². The van der Waals surface area contributed by atoms with Gasteiger partial charge < -0.3 is 9.72 Å². The van der Waals surface area contributed by atoms with Gasteiger partial charge in [0.05, 0.1) is 11.4 Å². The third kappa shape index (κ3) is 4.51. The molecule has 0 saturated carbocycles. The van der Waals surface area contributed by atoms with E-state index in [2.05, 4.69) is 4.98 Å². The highest BCUT2D eigenvalue weighted by molar-refractivity contribution is 6.30. The topological polar surface area (TPSA) is 37.9 Å². The van der Waals surface area contributed by atoms with Crippen LogP contribution in [0.3, 0.4) is 0 Å². The van der Waals surface area contributed by atoms with Gasteiger partial charge in [-0.15, -0.1) is 12.4 Å². The van der Waals surface area contributed by atoms with Crippen LogP contribution in [0.25, 0.3) is 22.6 Å². The van der Waals surface area contributed by atoms with E-state index in [1.54, 1.807) is 0 Å². The zero-order valence-corrected chi connectivity index (χ0v) is 16.0. The van der Waals surface area contributed by atoms with Crippen LogP contribution in [-0.4, -0.2) is 9.97 Å². The molecule has 1 heterocycles. The molecule has 0 spiro atoms. The van der Waals surface area contributed by atoms with Gasteiger partial charge in [-0.25, -0.2) is 4.98 Å². The number of rotatable bonds is 5. The van der Waals surface area contributed by atoms with Crippen molar-refractivity contribution in [2.45, 2.75) is 6.61 Å². The number of ether oxygens (including phenoxy) is 1. The van der Waals surface area contributed by atoms with Crippen molar-refractivity contribution < 1.29 is 4.74 Å². The lowest BCUT2D eigenvalue weighted by Crippen LogP contribution is -1.97. The summed E-state index contributed by atoms with van der Waals surface area (Å²) in [6, 6.07) is 27.5. The molecule has 3 nitrogen and oxygen atoms in total. The second kappa shape index (κ2) is 8.76. The predicted octanol–water partition coefficient (Wildman–Crippen LogP) is 6.40. The molecule has 0 atom stereocenters. The van der Waals surface area contributed by atoms with Gasteiger partial charge in [0, 0.05) is 16.1 Å². The highest BCUT2D eigenvalue weighted by Crippen LogP contribution is 2.28. The number of imidazole rings is 1. The Morgan fingerprint density at radius 3 is 2.07 bits per heavy atom. The molecule has 0 aliphatic heterocycles. The maximum atomic E-state index is 6.03. The fourth-order valence-corrected chi connectivity index (χ4v) is 2.89. The fraction of sp³-hybridized carbons (Fsp3) is 0.0455. The summed E-state index contributed by atoms with van der Waals surface area (Å²) in [4.78, 5) is 8.23. The highest BCUT2D eigenvalue weighted by Gasteiger charge is 2.14. The van der Waals surface area contributed by atoms with E-state index in [4.69, 9.17) is 21.3 Å². The van der Waals surface area contributed by atoms with E-state index < -0.39 is 0 Å². The number of nitrogens with zero attached hydrogens (tertiary/aromatic N) is 1. The maximum Gasteiger partial charge on any atom is 0.138 e. The molecule has 0 radical (unpaired) electrons. The Kier molecular flexibility index (Phi) is 6.17. The Bertz CT molecular complexity index is 984. The smallest absolute Gasteiger partial charge is 0.138 e. The molecule has 5 heteroatoms. The van der Waals surface area contributed by atoms with Gasteiger partial charge in [-0.05, 0) is 24.3 Å². The van der Waals surface area contributed by atoms with E-state index in [-0.39, 0.29) is 12.4 Å². The minimum absolute atomic E-state index is 0. The summed E-state index contributed by atoms with van der Waals surface area (Å²) in [7, 11) is 0. The molecule has 0 fully saturated rings. The van der Waals surface area contributed by atoms with Crippen LogP contribution in [0.5, 0.6) is 5.75 Å². The average Bonchev–Trinajstić information content (AvgIpc) is 3.13. The molecule has 0 bridgehead atoms. The minimum Gasteiger partial charge on any atom is -0.487 e. The number of para-hydroxylation sites is 1. The minimum atomic E-state index is 0. The predicted molar refractivity (Wildman–Crippen MR) is 112 cm³/mol. The van der Waals surface area contributed by atoms with E-state index in [1.807, 2.05) is 84.9 Å². The van der Waals surface area contributed by atoms with E-state index in [0.29, 0.717) is 11.6 Å². The number of aromatic amines is 1. The summed E-state index contributed by atoms with van der Waals surface area (Å²) < 4.78 is 5.93. The van der Waals surface area contributed by atoms with Crippen LogP contribution in [0.2, 0.25) is 5.02 Å². The summed E-state index contributed by atoms with van der Waals surface area (Å²) in [6.45, 7) is 0.405. The molecule has 4 rings (SSSR count). The third-order valence-electron chi connectivity index (χ3n) is 4.07. The molecule has 0 amide bonds. The van der Waals surface area contributed by atoms with E-state index >= 15 is 0 Å². The number of H-pyrrole nitrogens is 1. The summed E-state index contributed by atoms with van der Waals surface area (Å²) >= 11 is 6.03. The molecule has 1 N–H and O–H groups in total. The Hall–Kier alpha value is -2.75. The first-order valence-corrected chi connectivity index (χ1v) is 8.75. The molecule has 136 valence electrons. The van der Waals surface area contributed by atoms with Gasteiger partial charge in [0.25, 0.3) is 0 Å². The van der Waals surface area contributed by atoms with Crippen LogP contribution in [0.15, 0.2) is 84.9 Å². The molecule has 0 aliphatic rings. The Morgan fingerprint density at radius 1 is 0.778 bits per heavy atom. The number of halogens is 2. The highest BCUT2D eigenvalue weighted by atomic mass is 35.5. The first-order chi connectivity index (χ1) is 12.8. The molecule has 4 aromatic rings. The Labute approximate surface area is 169 Å². The van der Waals surface area contributed by atoms with E-state index in [0.717, 1.165) is 34.1 Å². The quantitative estimate of drug-likeness (QED) is 0.423. The SMILES string of the molecule is Cl.Clc1ccc(-c2nc(-c3ccccc3)[nH]c2COc2ccccc2)cc1. The van der Waals surface area contributed by atoms with Crippen molar-refractivity contribution in [2.75, 3.05) is 0 Å². The van der Waals surface area contributed by atoms with Crippen molar-refractivity contribution in [3.05, 3.63) is 95.6 Å². The molecule has 0 aliphatic carbocycles. The van der Waals surface area contributed by atoms with Gasteiger partial charge in [-0.1, -0.05) is 72.3 Å². The number of nitrogens with one attached hydrogen (secondary N) is 1. The second-order valence-electron chi connectivity index (χ2n) is 5.89. The molecule has 3 aromatic carbocycles. The van der Waals surface area contributed by atoms with E-state index in [9.17, 15) is 0 Å². The monoisotopic (exact) mass is 396 g/mol. The van der Waals surface area contributed by atoms with Gasteiger partial charge in [0.15, 0.2) is 0 Å². The van der Waals surface area contributed by atoms with Gasteiger partial charge in [-0.2, -0.15) is 0 Å². The number of aromatic nitrogens is 2. The molecular formula is C22H18Cl2N2O.